The first-order chi connectivity index (χ1) is 8.28. The summed E-state index contributed by atoms with van der Waals surface area (Å²) in [6.07, 6.45) is -2.50. The Morgan fingerprint density at radius 3 is 2.39 bits per heavy atom. The van der Waals surface area contributed by atoms with E-state index in [1.54, 1.807) is 0 Å². The van der Waals surface area contributed by atoms with Crippen molar-refractivity contribution >= 4 is 5.91 Å². The van der Waals surface area contributed by atoms with Gasteiger partial charge in [-0.1, -0.05) is 13.3 Å². The smallest absolute Gasteiger partial charge is 0.353 e. The topological polar surface area (TPSA) is 55.1 Å². The maximum atomic E-state index is 12.1. The van der Waals surface area contributed by atoms with Gasteiger partial charge in [0.25, 0.3) is 0 Å². The number of halogens is 3. The van der Waals surface area contributed by atoms with Gasteiger partial charge in [0.2, 0.25) is 5.91 Å². The summed E-state index contributed by atoms with van der Waals surface area (Å²) in [4.78, 5) is 11.5. The van der Waals surface area contributed by atoms with E-state index >= 15 is 0 Å². The van der Waals surface area contributed by atoms with Gasteiger partial charge in [0.05, 0.1) is 6.42 Å². The molecule has 0 radical (unpaired) electrons. The lowest BCUT2D eigenvalue weighted by atomic mass is 9.96. The summed E-state index contributed by atoms with van der Waals surface area (Å²) in [7, 11) is 0. The summed E-state index contributed by atoms with van der Waals surface area (Å²) in [5.41, 5.74) is 5.44. The minimum absolute atomic E-state index is 0.265. The summed E-state index contributed by atoms with van der Waals surface area (Å²) in [6.45, 7) is 3.96. The van der Waals surface area contributed by atoms with Crippen LogP contribution in [-0.2, 0) is 4.79 Å². The minimum Gasteiger partial charge on any atom is -0.353 e. The van der Waals surface area contributed by atoms with Crippen LogP contribution in [0.2, 0.25) is 0 Å². The fourth-order valence-corrected chi connectivity index (χ4v) is 1.87. The highest BCUT2D eigenvalue weighted by Crippen LogP contribution is 2.21. The lowest BCUT2D eigenvalue weighted by Crippen LogP contribution is -2.36. The lowest BCUT2D eigenvalue weighted by Gasteiger charge is -2.17. The number of rotatable bonds is 8. The summed E-state index contributed by atoms with van der Waals surface area (Å²) in [5.74, 6) is 0.0564. The van der Waals surface area contributed by atoms with E-state index in [1.807, 2.05) is 6.92 Å². The zero-order chi connectivity index (χ0) is 14.2. The standard InChI is InChI=1S/C12H23F3N2O/c1-3-10(6-7-16)4-5-11(18)17-9(2)8-12(13,14)15/h9-10H,3-8,16H2,1-2H3,(H,17,18). The van der Waals surface area contributed by atoms with Crippen LogP contribution in [0.15, 0.2) is 0 Å². The number of alkyl halides is 3. The second-order valence-corrected chi connectivity index (χ2v) is 4.68. The molecule has 0 fully saturated rings. The molecule has 108 valence electrons. The molecule has 2 unspecified atom stereocenters. The van der Waals surface area contributed by atoms with E-state index in [1.165, 1.54) is 6.92 Å². The van der Waals surface area contributed by atoms with E-state index in [-0.39, 0.29) is 12.3 Å². The molecule has 0 bridgehead atoms. The van der Waals surface area contributed by atoms with Crippen molar-refractivity contribution in [3.05, 3.63) is 0 Å². The van der Waals surface area contributed by atoms with Crippen molar-refractivity contribution in [2.75, 3.05) is 6.54 Å². The van der Waals surface area contributed by atoms with Crippen LogP contribution in [0.5, 0.6) is 0 Å². The number of nitrogens with one attached hydrogen (secondary N) is 1. The number of nitrogens with two attached hydrogens (primary N) is 1. The molecule has 0 saturated heterocycles. The molecule has 0 aromatic rings. The third kappa shape index (κ3) is 9.27. The van der Waals surface area contributed by atoms with E-state index in [2.05, 4.69) is 5.32 Å². The average molecular weight is 268 g/mol. The van der Waals surface area contributed by atoms with Gasteiger partial charge in [-0.25, -0.2) is 0 Å². The molecule has 0 aromatic carbocycles. The monoisotopic (exact) mass is 268 g/mol. The van der Waals surface area contributed by atoms with Crippen LogP contribution in [0, 0.1) is 5.92 Å². The molecule has 0 heterocycles. The number of carbonyl (C=O) groups is 1. The Labute approximate surface area is 106 Å². The molecule has 0 aliphatic rings. The Bertz CT molecular complexity index is 244. The third-order valence-electron chi connectivity index (χ3n) is 2.88. The zero-order valence-electron chi connectivity index (χ0n) is 11.0. The van der Waals surface area contributed by atoms with Gasteiger partial charge in [0.15, 0.2) is 0 Å². The first-order valence-electron chi connectivity index (χ1n) is 6.34. The lowest BCUT2D eigenvalue weighted by molar-refractivity contribution is -0.141. The number of hydrogen-bond acceptors (Lipinski definition) is 2. The molecule has 18 heavy (non-hydrogen) atoms. The largest absolute Gasteiger partial charge is 0.391 e. The summed E-state index contributed by atoms with van der Waals surface area (Å²) < 4.78 is 36.2. The van der Waals surface area contributed by atoms with Crippen molar-refractivity contribution in [2.45, 2.75) is 58.2 Å². The SMILES string of the molecule is CCC(CCN)CCC(=O)NC(C)CC(F)(F)F. The van der Waals surface area contributed by atoms with Gasteiger partial charge in [0.1, 0.15) is 0 Å². The van der Waals surface area contributed by atoms with Gasteiger partial charge in [-0.15, -0.1) is 0 Å². The molecule has 3 nitrogen and oxygen atoms in total. The van der Waals surface area contributed by atoms with Gasteiger partial charge in [-0.05, 0) is 32.2 Å². The van der Waals surface area contributed by atoms with E-state index in [0.29, 0.717) is 18.9 Å². The highest BCUT2D eigenvalue weighted by Gasteiger charge is 2.30. The first kappa shape index (κ1) is 17.2. The van der Waals surface area contributed by atoms with Crippen molar-refractivity contribution in [3.8, 4) is 0 Å². The maximum absolute atomic E-state index is 12.1. The van der Waals surface area contributed by atoms with Gasteiger partial charge in [-0.3, -0.25) is 4.79 Å². The maximum Gasteiger partial charge on any atom is 0.391 e. The van der Waals surface area contributed by atoms with E-state index in [4.69, 9.17) is 5.73 Å². The van der Waals surface area contributed by atoms with Crippen molar-refractivity contribution in [1.82, 2.24) is 5.32 Å². The van der Waals surface area contributed by atoms with Crippen LogP contribution >= 0.6 is 0 Å². The van der Waals surface area contributed by atoms with Crippen LogP contribution in [0.1, 0.15) is 46.0 Å². The predicted molar refractivity (Wildman–Crippen MR) is 65.0 cm³/mol. The van der Waals surface area contributed by atoms with E-state index < -0.39 is 18.6 Å². The normalized spacial score (nSPS) is 15.2. The molecular formula is C12H23F3N2O. The molecule has 0 rings (SSSR count). The summed E-state index contributed by atoms with van der Waals surface area (Å²) in [6, 6.07) is -0.868. The molecule has 0 spiro atoms. The van der Waals surface area contributed by atoms with E-state index in [9.17, 15) is 18.0 Å². The predicted octanol–water partition coefficient (Wildman–Crippen LogP) is 2.60. The van der Waals surface area contributed by atoms with Crippen molar-refractivity contribution in [2.24, 2.45) is 11.7 Å². The summed E-state index contributed by atoms with van der Waals surface area (Å²) in [5, 5.41) is 2.37. The Hall–Kier alpha value is -0.780. The first-order valence-corrected chi connectivity index (χ1v) is 6.34. The number of amides is 1. The molecule has 1 amide bonds. The zero-order valence-corrected chi connectivity index (χ0v) is 11.0. The van der Waals surface area contributed by atoms with Crippen LogP contribution in [-0.4, -0.2) is 24.7 Å². The van der Waals surface area contributed by atoms with Crippen LogP contribution in [0.4, 0.5) is 13.2 Å². The van der Waals surface area contributed by atoms with Gasteiger partial charge < -0.3 is 11.1 Å². The average Bonchev–Trinajstić information content (AvgIpc) is 2.21. The quantitative estimate of drug-likeness (QED) is 0.711. The molecule has 2 atom stereocenters. The molecular weight excluding hydrogens is 245 g/mol. The highest BCUT2D eigenvalue weighted by molar-refractivity contribution is 5.76. The molecule has 3 N–H and O–H groups in total. The summed E-state index contributed by atoms with van der Waals surface area (Å²) >= 11 is 0. The minimum atomic E-state index is -4.24. The third-order valence-corrected chi connectivity index (χ3v) is 2.88. The second kappa shape index (κ2) is 8.34. The Morgan fingerprint density at radius 1 is 1.33 bits per heavy atom. The molecule has 0 aliphatic heterocycles. The van der Waals surface area contributed by atoms with Crippen molar-refractivity contribution < 1.29 is 18.0 Å². The molecule has 6 heteroatoms. The van der Waals surface area contributed by atoms with Gasteiger partial charge in [-0.2, -0.15) is 13.2 Å². The Balaban J connectivity index is 3.89. The Morgan fingerprint density at radius 2 is 1.94 bits per heavy atom. The fraction of sp³-hybridized carbons (Fsp3) is 0.917. The van der Waals surface area contributed by atoms with Gasteiger partial charge >= 0.3 is 6.18 Å². The fourth-order valence-electron chi connectivity index (χ4n) is 1.87. The molecule has 0 aromatic heterocycles. The van der Waals surface area contributed by atoms with Gasteiger partial charge in [0, 0.05) is 12.5 Å². The van der Waals surface area contributed by atoms with Crippen LogP contribution in [0.3, 0.4) is 0 Å². The Kier molecular flexibility index (Phi) is 7.98. The van der Waals surface area contributed by atoms with Crippen LogP contribution in [0.25, 0.3) is 0 Å². The van der Waals surface area contributed by atoms with Crippen molar-refractivity contribution in [1.29, 1.82) is 0 Å². The molecule has 0 saturated carbocycles. The molecule has 0 aliphatic carbocycles. The highest BCUT2D eigenvalue weighted by atomic mass is 19.4. The number of hydrogen-bond donors (Lipinski definition) is 2. The van der Waals surface area contributed by atoms with Crippen molar-refractivity contribution in [3.63, 3.8) is 0 Å². The number of carbonyl (C=O) groups excluding carboxylic acids is 1. The second-order valence-electron chi connectivity index (χ2n) is 4.68. The van der Waals surface area contributed by atoms with Crippen LogP contribution < -0.4 is 11.1 Å². The van der Waals surface area contributed by atoms with E-state index in [0.717, 1.165) is 12.8 Å².